The van der Waals surface area contributed by atoms with Gasteiger partial charge in [0.15, 0.2) is 0 Å². The van der Waals surface area contributed by atoms with E-state index in [0.29, 0.717) is 23.1 Å². The lowest BCUT2D eigenvalue weighted by Gasteiger charge is -2.14. The zero-order valence-corrected chi connectivity index (χ0v) is 17.9. The molecule has 0 aliphatic heterocycles. The molecule has 5 nitrogen and oxygen atoms in total. The molecule has 0 atom stereocenters. The number of rotatable bonds is 5. The van der Waals surface area contributed by atoms with Crippen molar-refractivity contribution in [2.75, 3.05) is 0 Å². The Bertz CT molecular complexity index is 1300. The summed E-state index contributed by atoms with van der Waals surface area (Å²) in [7, 11) is 0. The second-order valence-corrected chi connectivity index (χ2v) is 8.59. The van der Waals surface area contributed by atoms with Gasteiger partial charge in [0.1, 0.15) is 10.7 Å². The van der Waals surface area contributed by atoms with Gasteiger partial charge >= 0.3 is 5.97 Å². The van der Waals surface area contributed by atoms with Gasteiger partial charge in [-0.3, -0.25) is 9.36 Å². The first kappa shape index (κ1) is 20.0. The van der Waals surface area contributed by atoms with Gasteiger partial charge in [0.05, 0.1) is 17.5 Å². The Balaban J connectivity index is 1.93. The molecule has 0 amide bonds. The molecule has 0 radical (unpaired) electrons. The summed E-state index contributed by atoms with van der Waals surface area (Å²) in [4.78, 5) is 30.2. The number of nitrogens with zero attached hydrogens (tertiary/aromatic N) is 2. The first-order chi connectivity index (χ1) is 14.3. The molecule has 0 saturated heterocycles. The van der Waals surface area contributed by atoms with E-state index in [9.17, 15) is 14.7 Å². The number of carboxylic acids is 1. The third-order valence-corrected chi connectivity index (χ3v) is 6.06. The molecule has 4 aromatic rings. The molecule has 1 N–H and O–H groups in total. The fraction of sp³-hybridized carbons (Fsp3) is 0.208. The monoisotopic (exact) mass is 418 g/mol. The number of aromatic carboxylic acids is 1. The van der Waals surface area contributed by atoms with E-state index in [1.807, 2.05) is 43.3 Å². The van der Waals surface area contributed by atoms with Crippen molar-refractivity contribution in [3.05, 3.63) is 86.5 Å². The van der Waals surface area contributed by atoms with Crippen LogP contribution in [-0.4, -0.2) is 20.6 Å². The van der Waals surface area contributed by atoms with Gasteiger partial charge in [-0.05, 0) is 30.0 Å². The number of hydrogen-bond donors (Lipinski definition) is 1. The maximum Gasteiger partial charge on any atom is 0.337 e. The maximum absolute atomic E-state index is 13.4. The van der Waals surface area contributed by atoms with Crippen LogP contribution in [0.3, 0.4) is 0 Å². The highest BCUT2D eigenvalue weighted by molar-refractivity contribution is 7.17. The van der Waals surface area contributed by atoms with E-state index >= 15 is 0 Å². The topological polar surface area (TPSA) is 72.2 Å². The molecule has 0 bridgehead atoms. The average Bonchev–Trinajstić information content (AvgIpc) is 3.15. The molecule has 0 fully saturated rings. The van der Waals surface area contributed by atoms with Crippen LogP contribution < -0.4 is 5.56 Å². The molecule has 2 aromatic carbocycles. The van der Waals surface area contributed by atoms with E-state index in [0.717, 1.165) is 16.7 Å². The van der Waals surface area contributed by atoms with Gasteiger partial charge < -0.3 is 5.11 Å². The Hall–Kier alpha value is -3.25. The van der Waals surface area contributed by atoms with Gasteiger partial charge in [-0.15, -0.1) is 11.3 Å². The van der Waals surface area contributed by atoms with Crippen molar-refractivity contribution in [2.24, 2.45) is 0 Å². The molecular formula is C24H22N2O3S. The van der Waals surface area contributed by atoms with Crippen LogP contribution >= 0.6 is 11.3 Å². The van der Waals surface area contributed by atoms with E-state index in [1.165, 1.54) is 22.3 Å². The smallest absolute Gasteiger partial charge is 0.337 e. The van der Waals surface area contributed by atoms with Crippen molar-refractivity contribution < 1.29 is 9.90 Å². The summed E-state index contributed by atoms with van der Waals surface area (Å²) in [6, 6.07) is 16.0. The molecule has 6 heteroatoms. The third kappa shape index (κ3) is 3.66. The van der Waals surface area contributed by atoms with Crippen LogP contribution in [-0.2, 0) is 6.54 Å². The molecule has 4 rings (SSSR count). The summed E-state index contributed by atoms with van der Waals surface area (Å²) in [6.07, 6.45) is 0. The van der Waals surface area contributed by atoms with Crippen molar-refractivity contribution in [2.45, 2.75) is 33.2 Å². The molecule has 0 unspecified atom stereocenters. The number of hydrogen-bond acceptors (Lipinski definition) is 4. The molecule has 2 heterocycles. The first-order valence-electron chi connectivity index (χ1n) is 9.76. The number of benzene rings is 2. The largest absolute Gasteiger partial charge is 0.478 e. The van der Waals surface area contributed by atoms with Gasteiger partial charge in [-0.2, -0.15) is 0 Å². The SMILES string of the molecule is Cc1cccc(-c2nc3scc(C(=O)O)c3c(=O)n2Cc2ccc(C(C)C)cc2)c1. The van der Waals surface area contributed by atoms with Gasteiger partial charge in [0.2, 0.25) is 0 Å². The van der Waals surface area contributed by atoms with E-state index in [-0.39, 0.29) is 16.5 Å². The van der Waals surface area contributed by atoms with Crippen LogP contribution in [0.1, 0.15) is 46.8 Å². The van der Waals surface area contributed by atoms with Crippen LogP contribution in [0.2, 0.25) is 0 Å². The quantitative estimate of drug-likeness (QED) is 0.477. The van der Waals surface area contributed by atoms with Gasteiger partial charge in [-0.1, -0.05) is 61.9 Å². The van der Waals surface area contributed by atoms with E-state index in [2.05, 4.69) is 26.0 Å². The number of aryl methyl sites for hydroxylation is 1. The summed E-state index contributed by atoms with van der Waals surface area (Å²) in [6.45, 7) is 6.58. The molecule has 0 spiro atoms. The Kier molecular flexibility index (Phi) is 5.26. The van der Waals surface area contributed by atoms with E-state index < -0.39 is 5.97 Å². The number of carboxylic acid groups (broad SMARTS) is 1. The van der Waals surface area contributed by atoms with Gasteiger partial charge in [0, 0.05) is 10.9 Å². The van der Waals surface area contributed by atoms with Gasteiger partial charge in [0.25, 0.3) is 5.56 Å². The zero-order chi connectivity index (χ0) is 21.4. The number of carbonyl (C=O) groups is 1. The fourth-order valence-corrected chi connectivity index (χ4v) is 4.43. The van der Waals surface area contributed by atoms with Crippen LogP contribution in [0.5, 0.6) is 0 Å². The second kappa shape index (κ2) is 7.88. The highest BCUT2D eigenvalue weighted by Crippen LogP contribution is 2.26. The van der Waals surface area contributed by atoms with Crippen molar-refractivity contribution in [1.82, 2.24) is 9.55 Å². The Labute approximate surface area is 178 Å². The molecule has 152 valence electrons. The van der Waals surface area contributed by atoms with Crippen molar-refractivity contribution in [1.29, 1.82) is 0 Å². The Morgan fingerprint density at radius 2 is 1.90 bits per heavy atom. The Morgan fingerprint density at radius 3 is 2.53 bits per heavy atom. The predicted molar refractivity (Wildman–Crippen MR) is 121 cm³/mol. The number of thiophene rings is 1. The molecular weight excluding hydrogens is 396 g/mol. The first-order valence-corrected chi connectivity index (χ1v) is 10.6. The second-order valence-electron chi connectivity index (χ2n) is 7.73. The van der Waals surface area contributed by atoms with Crippen LogP contribution in [0, 0.1) is 6.92 Å². The minimum atomic E-state index is -1.11. The summed E-state index contributed by atoms with van der Waals surface area (Å²) in [5, 5.41) is 11.2. The van der Waals surface area contributed by atoms with E-state index in [4.69, 9.17) is 4.98 Å². The van der Waals surface area contributed by atoms with Gasteiger partial charge in [-0.25, -0.2) is 9.78 Å². The number of fused-ring (bicyclic) bond motifs is 1. The number of aromatic nitrogens is 2. The van der Waals surface area contributed by atoms with Crippen LogP contribution in [0.25, 0.3) is 21.6 Å². The fourth-order valence-electron chi connectivity index (χ4n) is 3.52. The van der Waals surface area contributed by atoms with Crippen molar-refractivity contribution in [3.63, 3.8) is 0 Å². The Morgan fingerprint density at radius 1 is 1.17 bits per heavy atom. The lowest BCUT2D eigenvalue weighted by atomic mass is 10.0. The highest BCUT2D eigenvalue weighted by atomic mass is 32.1. The normalized spacial score (nSPS) is 11.3. The highest BCUT2D eigenvalue weighted by Gasteiger charge is 2.20. The summed E-state index contributed by atoms with van der Waals surface area (Å²) in [5.41, 5.74) is 3.76. The average molecular weight is 419 g/mol. The zero-order valence-electron chi connectivity index (χ0n) is 17.0. The predicted octanol–water partition coefficient (Wildman–Crippen LogP) is 5.30. The lowest BCUT2D eigenvalue weighted by molar-refractivity contribution is 0.0699. The summed E-state index contributed by atoms with van der Waals surface area (Å²) < 4.78 is 1.58. The van der Waals surface area contributed by atoms with Crippen molar-refractivity contribution >= 4 is 27.5 Å². The summed E-state index contributed by atoms with van der Waals surface area (Å²) in [5.74, 6) is -0.147. The maximum atomic E-state index is 13.4. The third-order valence-electron chi connectivity index (χ3n) is 5.19. The minimum absolute atomic E-state index is 0.00666. The van der Waals surface area contributed by atoms with E-state index in [1.54, 1.807) is 4.57 Å². The molecule has 0 aliphatic rings. The summed E-state index contributed by atoms with van der Waals surface area (Å²) >= 11 is 1.18. The molecule has 30 heavy (non-hydrogen) atoms. The molecule has 0 saturated carbocycles. The standard InChI is InChI=1S/C24H22N2O3S/c1-14(2)17-9-7-16(8-10-17)12-26-21(18-6-4-5-15(3)11-18)25-22-20(23(26)27)19(13-30-22)24(28)29/h4-11,13-14H,12H2,1-3H3,(H,28,29). The van der Waals surface area contributed by atoms with Crippen molar-refractivity contribution in [3.8, 4) is 11.4 Å². The van der Waals surface area contributed by atoms with Crippen LogP contribution in [0.4, 0.5) is 0 Å². The minimum Gasteiger partial charge on any atom is -0.478 e. The van der Waals surface area contributed by atoms with Crippen LogP contribution in [0.15, 0.2) is 58.7 Å². The molecule has 0 aliphatic carbocycles. The lowest BCUT2D eigenvalue weighted by Crippen LogP contribution is -2.24. The molecule has 2 aromatic heterocycles.